The predicted octanol–water partition coefficient (Wildman–Crippen LogP) is -2.63. The molecule has 1 saturated heterocycles. The number of nitrogen functional groups attached to an aromatic ring is 1. The number of carbonyl (C=O) groups is 2. The van der Waals surface area contributed by atoms with Crippen LogP contribution < -0.4 is 11.5 Å². The molecule has 146 valence electrons. The number of nitrogens with two attached hydrogens (primary N) is 2. The summed E-state index contributed by atoms with van der Waals surface area (Å²) in [7, 11) is 0. The van der Waals surface area contributed by atoms with Gasteiger partial charge in [0.2, 0.25) is 0 Å². The monoisotopic (exact) mass is 382 g/mol. The molecule has 0 bridgehead atoms. The smallest absolute Gasteiger partial charge is 0.321 e. The molecule has 5 atom stereocenters. The van der Waals surface area contributed by atoms with Crippen LogP contribution in [0.5, 0.6) is 0 Å². The van der Waals surface area contributed by atoms with Gasteiger partial charge in [0.05, 0.1) is 12.7 Å². The topological polar surface area (TPSA) is 209 Å². The normalized spacial score (nSPS) is 26.2. The number of aromatic nitrogens is 4. The lowest BCUT2D eigenvalue weighted by atomic mass is 10.1. The number of hydrogen-bond acceptors (Lipinski definition) is 11. The number of rotatable bonds is 6. The van der Waals surface area contributed by atoms with Crippen molar-refractivity contribution in [3.63, 3.8) is 0 Å². The Morgan fingerprint density at radius 2 is 2.04 bits per heavy atom. The second kappa shape index (κ2) is 7.40. The summed E-state index contributed by atoms with van der Waals surface area (Å²) in [4.78, 5) is 34.2. The molecule has 1 aliphatic heterocycles. The number of hydrogen-bond donors (Lipinski definition) is 5. The van der Waals surface area contributed by atoms with E-state index in [1.165, 1.54) is 17.2 Å². The molecule has 0 amide bonds. The molecule has 0 aromatic carbocycles. The second-order valence-electron chi connectivity index (χ2n) is 5.96. The average molecular weight is 382 g/mol. The fourth-order valence-electron chi connectivity index (χ4n) is 2.65. The van der Waals surface area contributed by atoms with Crippen molar-refractivity contribution in [3.05, 3.63) is 12.7 Å². The van der Waals surface area contributed by atoms with Crippen LogP contribution in [-0.4, -0.2) is 77.7 Å². The first-order chi connectivity index (χ1) is 12.8. The maximum Gasteiger partial charge on any atom is 0.321 e. The fourth-order valence-corrected chi connectivity index (χ4v) is 2.65. The molecule has 3 heterocycles. The molecule has 0 aliphatic carbocycles. The van der Waals surface area contributed by atoms with Crippen LogP contribution in [0.15, 0.2) is 12.7 Å². The summed E-state index contributed by atoms with van der Waals surface area (Å²) in [6.45, 7) is -0.399. The van der Waals surface area contributed by atoms with Crippen LogP contribution in [0.4, 0.5) is 5.82 Å². The Labute approximate surface area is 151 Å². The van der Waals surface area contributed by atoms with Crippen molar-refractivity contribution < 1.29 is 34.4 Å². The fraction of sp³-hybridized carbons (Fsp3) is 0.500. The van der Waals surface area contributed by atoms with Gasteiger partial charge in [-0.2, -0.15) is 0 Å². The Balaban J connectivity index is 1.68. The Hall–Kier alpha value is -2.87. The number of imidazole rings is 1. The SMILES string of the molecule is Nc1ncnc2c1ncn2C1OC(COC(=O)CC(N)C(=O)O)[C@@H](O)[C@@H]1O. The Morgan fingerprint density at radius 1 is 1.30 bits per heavy atom. The number of aliphatic hydroxyl groups excluding tert-OH is 2. The lowest BCUT2D eigenvalue weighted by molar-refractivity contribution is -0.153. The highest BCUT2D eigenvalue weighted by atomic mass is 16.6. The summed E-state index contributed by atoms with van der Waals surface area (Å²) in [6, 6.07) is -1.40. The molecule has 13 nitrogen and oxygen atoms in total. The van der Waals surface area contributed by atoms with Gasteiger partial charge in [0.1, 0.15) is 42.8 Å². The molecular formula is C14H18N6O7. The van der Waals surface area contributed by atoms with Crippen molar-refractivity contribution in [2.75, 3.05) is 12.3 Å². The van der Waals surface area contributed by atoms with Crippen molar-refractivity contribution >= 4 is 28.9 Å². The van der Waals surface area contributed by atoms with E-state index >= 15 is 0 Å². The highest BCUT2D eigenvalue weighted by Crippen LogP contribution is 2.32. The Morgan fingerprint density at radius 3 is 2.74 bits per heavy atom. The number of fused-ring (bicyclic) bond motifs is 1. The van der Waals surface area contributed by atoms with E-state index in [0.717, 1.165) is 0 Å². The third-order valence-electron chi connectivity index (χ3n) is 4.11. The number of carboxylic acids is 1. The predicted molar refractivity (Wildman–Crippen MR) is 86.8 cm³/mol. The minimum Gasteiger partial charge on any atom is -0.480 e. The molecular weight excluding hydrogens is 364 g/mol. The van der Waals surface area contributed by atoms with E-state index < -0.39 is 55.5 Å². The first-order valence-corrected chi connectivity index (χ1v) is 7.88. The van der Waals surface area contributed by atoms with Gasteiger partial charge in [0.15, 0.2) is 17.7 Å². The van der Waals surface area contributed by atoms with E-state index in [-0.39, 0.29) is 5.82 Å². The number of aliphatic carboxylic acids is 1. The van der Waals surface area contributed by atoms with Crippen LogP contribution in [0, 0.1) is 0 Å². The number of anilines is 1. The van der Waals surface area contributed by atoms with E-state index in [0.29, 0.717) is 11.2 Å². The van der Waals surface area contributed by atoms with Gasteiger partial charge in [-0.3, -0.25) is 14.2 Å². The molecule has 0 saturated carbocycles. The van der Waals surface area contributed by atoms with Crippen LogP contribution in [0.2, 0.25) is 0 Å². The lowest BCUT2D eigenvalue weighted by Crippen LogP contribution is -2.36. The van der Waals surface area contributed by atoms with E-state index in [1.54, 1.807) is 0 Å². The molecule has 1 fully saturated rings. The molecule has 3 rings (SSSR count). The second-order valence-corrected chi connectivity index (χ2v) is 5.96. The summed E-state index contributed by atoms with van der Waals surface area (Å²) in [5.41, 5.74) is 11.6. The summed E-state index contributed by atoms with van der Waals surface area (Å²) in [5, 5.41) is 29.1. The summed E-state index contributed by atoms with van der Waals surface area (Å²) < 4.78 is 11.8. The van der Waals surface area contributed by atoms with Gasteiger partial charge in [-0.15, -0.1) is 0 Å². The Bertz CT molecular complexity index is 858. The molecule has 13 heteroatoms. The van der Waals surface area contributed by atoms with Crippen molar-refractivity contribution in [2.24, 2.45) is 5.73 Å². The van der Waals surface area contributed by atoms with Crippen LogP contribution >= 0.6 is 0 Å². The summed E-state index contributed by atoms with van der Waals surface area (Å²) in [6.07, 6.45) is -2.81. The Kier molecular flexibility index (Phi) is 5.18. The van der Waals surface area contributed by atoms with Gasteiger partial charge in [-0.25, -0.2) is 15.0 Å². The summed E-state index contributed by atoms with van der Waals surface area (Å²) >= 11 is 0. The zero-order chi connectivity index (χ0) is 19.7. The van der Waals surface area contributed by atoms with E-state index in [4.69, 9.17) is 26.0 Å². The number of aliphatic hydroxyl groups is 2. The molecule has 2 aromatic heterocycles. The molecule has 7 N–H and O–H groups in total. The number of ether oxygens (including phenoxy) is 2. The molecule has 3 unspecified atom stereocenters. The van der Waals surface area contributed by atoms with E-state index in [2.05, 4.69) is 15.0 Å². The number of esters is 1. The average Bonchev–Trinajstić information content (AvgIpc) is 3.16. The van der Waals surface area contributed by atoms with Crippen LogP contribution in [0.25, 0.3) is 11.2 Å². The molecule has 27 heavy (non-hydrogen) atoms. The van der Waals surface area contributed by atoms with Gasteiger partial charge < -0.3 is 36.3 Å². The van der Waals surface area contributed by atoms with Crippen molar-refractivity contribution in [3.8, 4) is 0 Å². The maximum absolute atomic E-state index is 11.6. The third kappa shape index (κ3) is 3.66. The standard InChI is InChI=1S/C14H18N6O7/c15-5(14(24)25)1-7(21)26-2-6-9(22)10(23)13(27-6)20-4-19-8-11(16)17-3-18-12(8)20/h3-6,9-10,13,22-23H,1-2,15H2,(H,24,25)(H2,16,17,18)/t5?,6?,9-,10+,13?/m1/s1. The van der Waals surface area contributed by atoms with Crippen LogP contribution in [0.1, 0.15) is 12.6 Å². The van der Waals surface area contributed by atoms with Gasteiger partial charge in [0.25, 0.3) is 0 Å². The van der Waals surface area contributed by atoms with E-state index in [1.807, 2.05) is 0 Å². The van der Waals surface area contributed by atoms with Gasteiger partial charge in [-0.1, -0.05) is 0 Å². The van der Waals surface area contributed by atoms with Crippen molar-refractivity contribution in [2.45, 2.75) is 37.0 Å². The van der Waals surface area contributed by atoms with Crippen molar-refractivity contribution in [1.82, 2.24) is 19.5 Å². The van der Waals surface area contributed by atoms with Crippen molar-refractivity contribution in [1.29, 1.82) is 0 Å². The number of carboxylic acid groups (broad SMARTS) is 1. The van der Waals surface area contributed by atoms with Gasteiger partial charge >= 0.3 is 11.9 Å². The largest absolute Gasteiger partial charge is 0.480 e. The maximum atomic E-state index is 11.6. The van der Waals surface area contributed by atoms with Crippen LogP contribution in [-0.2, 0) is 19.1 Å². The molecule has 1 aliphatic rings. The van der Waals surface area contributed by atoms with Gasteiger partial charge in [0, 0.05) is 0 Å². The van der Waals surface area contributed by atoms with E-state index in [9.17, 15) is 19.8 Å². The molecule has 0 radical (unpaired) electrons. The highest BCUT2D eigenvalue weighted by molar-refractivity contribution is 5.81. The minimum absolute atomic E-state index is 0.145. The molecule has 2 aromatic rings. The lowest BCUT2D eigenvalue weighted by Gasteiger charge is -2.16. The summed E-state index contributed by atoms with van der Waals surface area (Å²) in [5.74, 6) is -2.06. The highest BCUT2D eigenvalue weighted by Gasteiger charge is 2.45. The zero-order valence-electron chi connectivity index (χ0n) is 13.9. The van der Waals surface area contributed by atoms with Gasteiger partial charge in [-0.05, 0) is 0 Å². The first kappa shape index (κ1) is 18.9. The third-order valence-corrected chi connectivity index (χ3v) is 4.11. The first-order valence-electron chi connectivity index (χ1n) is 7.88. The molecule has 0 spiro atoms. The number of carbonyl (C=O) groups excluding carboxylic acids is 1. The zero-order valence-corrected chi connectivity index (χ0v) is 13.9. The number of nitrogens with zero attached hydrogens (tertiary/aromatic N) is 4. The van der Waals surface area contributed by atoms with Crippen LogP contribution in [0.3, 0.4) is 0 Å². The quantitative estimate of drug-likeness (QED) is 0.325. The minimum atomic E-state index is -1.40.